The number of benzene rings is 2. The molecule has 1 saturated heterocycles. The number of methoxy groups -OCH3 is 1. The van der Waals surface area contributed by atoms with E-state index in [9.17, 15) is 22.0 Å². The fourth-order valence-corrected chi connectivity index (χ4v) is 6.29. The van der Waals surface area contributed by atoms with Crippen molar-refractivity contribution in [2.24, 2.45) is 11.8 Å². The first-order valence-electron chi connectivity index (χ1n) is 14.8. The van der Waals surface area contributed by atoms with Gasteiger partial charge in [0.2, 0.25) is 11.6 Å². The molecule has 0 N–H and O–H groups in total. The Morgan fingerprint density at radius 3 is 2.20 bits per heavy atom. The molecule has 1 aliphatic carbocycles. The number of ether oxygens (including phenoxy) is 3. The molecular weight excluding hydrogens is 546 g/mol. The highest BCUT2D eigenvalue weighted by Gasteiger charge is 2.38. The highest BCUT2D eigenvalue weighted by atomic mass is 19.3. The monoisotopic (exact) mass is 586 g/mol. The van der Waals surface area contributed by atoms with Gasteiger partial charge in [0, 0.05) is 5.92 Å². The molecule has 2 fully saturated rings. The molecule has 0 bridgehead atoms. The van der Waals surface area contributed by atoms with Crippen molar-refractivity contribution in [3.63, 3.8) is 0 Å². The molecule has 0 radical (unpaired) electrons. The van der Waals surface area contributed by atoms with E-state index in [0.29, 0.717) is 12.3 Å². The summed E-state index contributed by atoms with van der Waals surface area (Å²) < 4.78 is 103. The topological polar surface area (TPSA) is 27.7 Å². The minimum Gasteiger partial charge on any atom is -0.494 e. The van der Waals surface area contributed by atoms with E-state index in [1.54, 1.807) is 0 Å². The van der Waals surface area contributed by atoms with Gasteiger partial charge in [-0.2, -0.15) is 8.78 Å². The molecule has 4 rings (SSSR count). The first-order valence-corrected chi connectivity index (χ1v) is 14.8. The van der Waals surface area contributed by atoms with E-state index < -0.39 is 59.4 Å². The Morgan fingerprint density at radius 2 is 1.54 bits per heavy atom. The lowest BCUT2D eigenvalue weighted by molar-refractivity contribution is -0.0443. The maximum absolute atomic E-state index is 15.1. The quantitative estimate of drug-likeness (QED) is 0.183. The second kappa shape index (κ2) is 14.2. The summed E-state index contributed by atoms with van der Waals surface area (Å²) >= 11 is 0. The lowest BCUT2D eigenvalue weighted by Crippen LogP contribution is -2.34. The van der Waals surface area contributed by atoms with Crippen LogP contribution in [0.3, 0.4) is 0 Å². The Balaban J connectivity index is 1.30. The predicted octanol–water partition coefficient (Wildman–Crippen LogP) is 9.46. The van der Waals surface area contributed by atoms with Crippen LogP contribution in [0.4, 0.5) is 26.3 Å². The molecule has 2 unspecified atom stereocenters. The molecule has 2 atom stereocenters. The van der Waals surface area contributed by atoms with Crippen molar-refractivity contribution in [1.29, 1.82) is 0 Å². The summed E-state index contributed by atoms with van der Waals surface area (Å²) in [6.45, 7) is 1.69. The molecule has 1 heterocycles. The first-order chi connectivity index (χ1) is 19.7. The fraction of sp³-hybridized carbons (Fsp3) is 0.625. The SMILES string of the molecule is CCCCCC1CCC(C2CCC(c3ccc(C(F)(F)CCOc4ccc(OC)c(F)c4F)c(F)c3F)CO2)CC1. The molecular formula is C32H40F6O3. The lowest BCUT2D eigenvalue weighted by atomic mass is 9.75. The summed E-state index contributed by atoms with van der Waals surface area (Å²) in [7, 11) is 1.15. The minimum atomic E-state index is -3.80. The number of alkyl halides is 2. The van der Waals surface area contributed by atoms with Gasteiger partial charge in [-0.1, -0.05) is 51.5 Å². The third-order valence-electron chi connectivity index (χ3n) is 8.80. The van der Waals surface area contributed by atoms with Gasteiger partial charge in [0.05, 0.1) is 38.4 Å². The van der Waals surface area contributed by atoms with Crippen LogP contribution in [0.15, 0.2) is 24.3 Å². The van der Waals surface area contributed by atoms with Crippen LogP contribution in [0.5, 0.6) is 11.5 Å². The molecule has 3 nitrogen and oxygen atoms in total. The van der Waals surface area contributed by atoms with Crippen LogP contribution in [-0.4, -0.2) is 26.4 Å². The zero-order valence-electron chi connectivity index (χ0n) is 23.8. The highest BCUT2D eigenvalue weighted by Crippen LogP contribution is 2.41. The van der Waals surface area contributed by atoms with Crippen LogP contribution < -0.4 is 9.47 Å². The molecule has 1 aliphatic heterocycles. The molecule has 0 spiro atoms. The van der Waals surface area contributed by atoms with Gasteiger partial charge < -0.3 is 14.2 Å². The zero-order chi connectivity index (χ0) is 29.6. The van der Waals surface area contributed by atoms with Crippen LogP contribution in [0.1, 0.15) is 94.6 Å². The average molecular weight is 587 g/mol. The second-order valence-corrected chi connectivity index (χ2v) is 11.4. The molecule has 9 heteroatoms. The van der Waals surface area contributed by atoms with Gasteiger partial charge in [0.15, 0.2) is 23.1 Å². The van der Waals surface area contributed by atoms with Crippen LogP contribution in [-0.2, 0) is 10.7 Å². The number of hydrogen-bond acceptors (Lipinski definition) is 3. The van der Waals surface area contributed by atoms with Gasteiger partial charge in [-0.15, -0.1) is 0 Å². The Hall–Kier alpha value is -2.42. The summed E-state index contributed by atoms with van der Waals surface area (Å²) in [5.74, 6) is -9.51. The number of rotatable bonds is 12. The minimum absolute atomic E-state index is 0.0344. The van der Waals surface area contributed by atoms with Crippen LogP contribution in [0, 0.1) is 35.1 Å². The van der Waals surface area contributed by atoms with Gasteiger partial charge in [-0.05, 0) is 61.3 Å². The van der Waals surface area contributed by atoms with Gasteiger partial charge >= 0.3 is 0 Å². The van der Waals surface area contributed by atoms with Crippen molar-refractivity contribution < 1.29 is 40.6 Å². The molecule has 41 heavy (non-hydrogen) atoms. The number of unbranched alkanes of at least 4 members (excludes halogenated alkanes) is 2. The molecule has 0 aromatic heterocycles. The first kappa shape index (κ1) is 31.5. The molecule has 1 saturated carbocycles. The van der Waals surface area contributed by atoms with Gasteiger partial charge in [0.1, 0.15) is 0 Å². The second-order valence-electron chi connectivity index (χ2n) is 11.4. The summed E-state index contributed by atoms with van der Waals surface area (Å²) in [4.78, 5) is 0. The average Bonchev–Trinajstić information content (AvgIpc) is 2.97. The molecule has 2 aromatic rings. The fourth-order valence-electron chi connectivity index (χ4n) is 6.29. The summed E-state index contributed by atoms with van der Waals surface area (Å²) in [6.07, 6.45) is 10.1. The Bertz CT molecular complexity index is 1140. The predicted molar refractivity (Wildman–Crippen MR) is 145 cm³/mol. The molecule has 228 valence electrons. The van der Waals surface area contributed by atoms with Crippen molar-refractivity contribution in [2.45, 2.75) is 95.5 Å². The highest BCUT2D eigenvalue weighted by molar-refractivity contribution is 5.35. The van der Waals surface area contributed by atoms with E-state index >= 15 is 4.39 Å². The largest absolute Gasteiger partial charge is 0.494 e. The standard InChI is InChI=1S/C32H40F6O3/c1-3-4-5-6-20-7-9-21(10-8-20)25-14-11-22(19-41-25)23-12-13-24(29(34)28(23)33)32(37,38)17-18-40-27-16-15-26(39-2)30(35)31(27)36/h12-13,15-16,20-22,25H,3-11,14,17-19H2,1-2H3. The third-order valence-corrected chi connectivity index (χ3v) is 8.80. The number of hydrogen-bond donors (Lipinski definition) is 0. The smallest absolute Gasteiger partial charge is 0.279 e. The van der Waals surface area contributed by atoms with E-state index in [1.807, 2.05) is 0 Å². The van der Waals surface area contributed by atoms with Gasteiger partial charge in [-0.3, -0.25) is 0 Å². The Morgan fingerprint density at radius 1 is 0.829 bits per heavy atom. The van der Waals surface area contributed by atoms with E-state index in [4.69, 9.17) is 9.47 Å². The normalized spacial score (nSPS) is 23.4. The van der Waals surface area contributed by atoms with E-state index in [0.717, 1.165) is 50.5 Å². The Kier molecular flexibility index (Phi) is 10.9. The maximum Gasteiger partial charge on any atom is 0.279 e. The zero-order valence-corrected chi connectivity index (χ0v) is 23.8. The van der Waals surface area contributed by atoms with Crippen molar-refractivity contribution in [3.05, 3.63) is 58.7 Å². The van der Waals surface area contributed by atoms with Crippen molar-refractivity contribution in [2.75, 3.05) is 20.3 Å². The number of halogens is 6. The van der Waals surface area contributed by atoms with Crippen molar-refractivity contribution in [1.82, 2.24) is 0 Å². The summed E-state index contributed by atoms with van der Waals surface area (Å²) in [6, 6.07) is 4.24. The van der Waals surface area contributed by atoms with Crippen LogP contribution >= 0.6 is 0 Å². The van der Waals surface area contributed by atoms with Crippen molar-refractivity contribution in [3.8, 4) is 11.5 Å². The molecule has 2 aliphatic rings. The van der Waals surface area contributed by atoms with Crippen LogP contribution in [0.2, 0.25) is 0 Å². The lowest BCUT2D eigenvalue weighted by Gasteiger charge is -2.38. The van der Waals surface area contributed by atoms with E-state index in [1.165, 1.54) is 44.6 Å². The summed E-state index contributed by atoms with van der Waals surface area (Å²) in [5.41, 5.74) is -1.07. The van der Waals surface area contributed by atoms with Crippen molar-refractivity contribution >= 4 is 0 Å². The van der Waals surface area contributed by atoms with Gasteiger partial charge in [0.25, 0.3) is 5.92 Å². The van der Waals surface area contributed by atoms with Crippen LogP contribution in [0.25, 0.3) is 0 Å². The Labute approximate surface area is 238 Å². The third kappa shape index (κ3) is 7.51. The molecule has 2 aromatic carbocycles. The van der Waals surface area contributed by atoms with Gasteiger partial charge in [-0.25, -0.2) is 17.6 Å². The maximum atomic E-state index is 15.1. The van der Waals surface area contributed by atoms with E-state index in [2.05, 4.69) is 11.7 Å². The molecule has 0 amide bonds. The summed E-state index contributed by atoms with van der Waals surface area (Å²) in [5, 5.41) is 0. The van der Waals surface area contributed by atoms with E-state index in [-0.39, 0.29) is 24.0 Å².